The SMILES string of the molecule is CCCc1csc(CCNC)n1. The molecule has 0 unspecified atom stereocenters. The number of hydrogen-bond acceptors (Lipinski definition) is 3. The average Bonchev–Trinajstić information content (AvgIpc) is 2.50. The third kappa shape index (κ3) is 2.91. The van der Waals surface area contributed by atoms with E-state index in [9.17, 15) is 0 Å². The van der Waals surface area contributed by atoms with Crippen molar-refractivity contribution < 1.29 is 0 Å². The van der Waals surface area contributed by atoms with Crippen molar-refractivity contribution >= 4 is 11.3 Å². The highest BCUT2D eigenvalue weighted by molar-refractivity contribution is 7.09. The molecule has 0 radical (unpaired) electrons. The highest BCUT2D eigenvalue weighted by atomic mass is 32.1. The molecule has 68 valence electrons. The van der Waals surface area contributed by atoms with Crippen molar-refractivity contribution in [3.8, 4) is 0 Å². The zero-order chi connectivity index (χ0) is 8.81. The van der Waals surface area contributed by atoms with Gasteiger partial charge in [-0.25, -0.2) is 4.98 Å². The largest absolute Gasteiger partial charge is 0.319 e. The Balaban J connectivity index is 2.41. The second-order valence-corrected chi connectivity index (χ2v) is 3.78. The molecular formula is C9H16N2S. The number of hydrogen-bond donors (Lipinski definition) is 1. The molecular weight excluding hydrogens is 168 g/mol. The molecule has 1 N–H and O–H groups in total. The predicted octanol–water partition coefficient (Wildman–Crippen LogP) is 1.86. The molecule has 0 atom stereocenters. The minimum Gasteiger partial charge on any atom is -0.319 e. The van der Waals surface area contributed by atoms with E-state index >= 15 is 0 Å². The fourth-order valence-corrected chi connectivity index (χ4v) is 1.90. The van der Waals surface area contributed by atoms with E-state index in [4.69, 9.17) is 0 Å². The van der Waals surface area contributed by atoms with Crippen LogP contribution >= 0.6 is 11.3 Å². The van der Waals surface area contributed by atoms with Gasteiger partial charge in [0.05, 0.1) is 10.7 Å². The van der Waals surface area contributed by atoms with Crippen LogP contribution in [0.15, 0.2) is 5.38 Å². The third-order valence-electron chi connectivity index (χ3n) is 1.69. The van der Waals surface area contributed by atoms with Gasteiger partial charge in [0.1, 0.15) is 0 Å². The molecule has 1 aromatic heterocycles. The number of nitrogens with zero attached hydrogens (tertiary/aromatic N) is 1. The maximum atomic E-state index is 4.52. The molecule has 0 aliphatic carbocycles. The van der Waals surface area contributed by atoms with Gasteiger partial charge in [-0.3, -0.25) is 0 Å². The normalized spacial score (nSPS) is 10.5. The van der Waals surface area contributed by atoms with Crippen molar-refractivity contribution in [3.05, 3.63) is 16.1 Å². The van der Waals surface area contributed by atoms with Gasteiger partial charge < -0.3 is 5.32 Å². The standard InChI is InChI=1S/C9H16N2S/c1-3-4-8-7-12-9(11-8)5-6-10-2/h7,10H,3-6H2,1-2H3. The Labute approximate surface area is 78.0 Å². The first-order valence-corrected chi connectivity index (χ1v) is 5.32. The topological polar surface area (TPSA) is 24.9 Å². The molecule has 1 heterocycles. The summed E-state index contributed by atoms with van der Waals surface area (Å²) in [6.07, 6.45) is 3.37. The van der Waals surface area contributed by atoms with Gasteiger partial charge in [0.25, 0.3) is 0 Å². The molecule has 0 amide bonds. The molecule has 0 bridgehead atoms. The number of aromatic nitrogens is 1. The molecule has 1 aromatic rings. The average molecular weight is 184 g/mol. The van der Waals surface area contributed by atoms with Crippen LogP contribution in [0.5, 0.6) is 0 Å². The molecule has 12 heavy (non-hydrogen) atoms. The Hall–Kier alpha value is -0.410. The molecule has 0 saturated carbocycles. The number of likely N-dealkylation sites (N-methyl/N-ethyl adjacent to an activating group) is 1. The fourth-order valence-electron chi connectivity index (χ4n) is 1.07. The Morgan fingerprint density at radius 1 is 1.50 bits per heavy atom. The summed E-state index contributed by atoms with van der Waals surface area (Å²) in [4.78, 5) is 4.52. The number of aryl methyl sites for hydroxylation is 1. The molecule has 0 fully saturated rings. The van der Waals surface area contributed by atoms with Gasteiger partial charge >= 0.3 is 0 Å². The lowest BCUT2D eigenvalue weighted by molar-refractivity contribution is 0.781. The summed E-state index contributed by atoms with van der Waals surface area (Å²) in [5, 5.41) is 6.56. The monoisotopic (exact) mass is 184 g/mol. The Kier molecular flexibility index (Phi) is 4.25. The summed E-state index contributed by atoms with van der Waals surface area (Å²) < 4.78 is 0. The van der Waals surface area contributed by atoms with Crippen molar-refractivity contribution in [2.24, 2.45) is 0 Å². The van der Waals surface area contributed by atoms with Crippen molar-refractivity contribution in [1.29, 1.82) is 0 Å². The summed E-state index contributed by atoms with van der Waals surface area (Å²) in [5.74, 6) is 0. The van der Waals surface area contributed by atoms with Crippen molar-refractivity contribution in [2.45, 2.75) is 26.2 Å². The van der Waals surface area contributed by atoms with Gasteiger partial charge in [0.2, 0.25) is 0 Å². The summed E-state index contributed by atoms with van der Waals surface area (Å²) in [6, 6.07) is 0. The summed E-state index contributed by atoms with van der Waals surface area (Å²) in [7, 11) is 1.97. The molecule has 3 heteroatoms. The third-order valence-corrected chi connectivity index (χ3v) is 2.65. The number of rotatable bonds is 5. The van der Waals surface area contributed by atoms with Crippen LogP contribution in [0.4, 0.5) is 0 Å². The van der Waals surface area contributed by atoms with Crippen LogP contribution in [0.2, 0.25) is 0 Å². The highest BCUT2D eigenvalue weighted by Gasteiger charge is 1.99. The lowest BCUT2D eigenvalue weighted by Crippen LogP contribution is -2.10. The van der Waals surface area contributed by atoms with E-state index in [-0.39, 0.29) is 0 Å². The van der Waals surface area contributed by atoms with E-state index in [0.29, 0.717) is 0 Å². The van der Waals surface area contributed by atoms with E-state index in [1.54, 1.807) is 11.3 Å². The molecule has 0 spiro atoms. The molecule has 0 saturated heterocycles. The second-order valence-electron chi connectivity index (χ2n) is 2.84. The number of thiazole rings is 1. The van der Waals surface area contributed by atoms with Gasteiger partial charge in [0, 0.05) is 18.3 Å². The number of nitrogens with one attached hydrogen (secondary N) is 1. The van der Waals surface area contributed by atoms with Crippen molar-refractivity contribution in [3.63, 3.8) is 0 Å². The highest BCUT2D eigenvalue weighted by Crippen LogP contribution is 2.11. The van der Waals surface area contributed by atoms with E-state index in [2.05, 4.69) is 22.6 Å². The minimum atomic E-state index is 1.03. The second kappa shape index (κ2) is 5.27. The van der Waals surface area contributed by atoms with Crippen molar-refractivity contribution in [2.75, 3.05) is 13.6 Å². The van der Waals surface area contributed by atoms with Gasteiger partial charge in [-0.2, -0.15) is 0 Å². The molecule has 2 nitrogen and oxygen atoms in total. The Morgan fingerprint density at radius 2 is 2.33 bits per heavy atom. The first kappa shape index (κ1) is 9.68. The summed E-state index contributed by atoms with van der Waals surface area (Å²) in [5.41, 5.74) is 1.26. The maximum absolute atomic E-state index is 4.52. The van der Waals surface area contributed by atoms with E-state index in [1.807, 2.05) is 7.05 Å². The Bertz CT molecular complexity index is 220. The van der Waals surface area contributed by atoms with E-state index < -0.39 is 0 Å². The lowest BCUT2D eigenvalue weighted by atomic mass is 10.3. The molecule has 0 aliphatic heterocycles. The molecule has 0 aromatic carbocycles. The van der Waals surface area contributed by atoms with Gasteiger partial charge in [-0.15, -0.1) is 11.3 Å². The maximum Gasteiger partial charge on any atom is 0.0940 e. The van der Waals surface area contributed by atoms with Crippen molar-refractivity contribution in [1.82, 2.24) is 10.3 Å². The quantitative estimate of drug-likeness (QED) is 0.755. The summed E-state index contributed by atoms with van der Waals surface area (Å²) in [6.45, 7) is 3.21. The molecule has 1 rings (SSSR count). The first-order chi connectivity index (χ1) is 5.86. The van der Waals surface area contributed by atoms with Gasteiger partial charge in [-0.05, 0) is 13.5 Å². The van der Waals surface area contributed by atoms with Crippen LogP contribution in [0.25, 0.3) is 0 Å². The van der Waals surface area contributed by atoms with Crippen LogP contribution in [-0.4, -0.2) is 18.6 Å². The predicted molar refractivity (Wildman–Crippen MR) is 53.7 cm³/mol. The lowest BCUT2D eigenvalue weighted by Gasteiger charge is -1.93. The zero-order valence-electron chi connectivity index (χ0n) is 7.76. The van der Waals surface area contributed by atoms with Crippen LogP contribution in [0.3, 0.4) is 0 Å². The van der Waals surface area contributed by atoms with E-state index in [0.717, 1.165) is 19.4 Å². The minimum absolute atomic E-state index is 1.03. The van der Waals surface area contributed by atoms with Gasteiger partial charge in [0.15, 0.2) is 0 Å². The van der Waals surface area contributed by atoms with Crippen LogP contribution < -0.4 is 5.32 Å². The van der Waals surface area contributed by atoms with E-state index in [1.165, 1.54) is 17.1 Å². The smallest absolute Gasteiger partial charge is 0.0940 e. The summed E-state index contributed by atoms with van der Waals surface area (Å²) >= 11 is 1.78. The Morgan fingerprint density at radius 3 is 3.00 bits per heavy atom. The fraction of sp³-hybridized carbons (Fsp3) is 0.667. The van der Waals surface area contributed by atoms with Gasteiger partial charge in [-0.1, -0.05) is 13.3 Å². The zero-order valence-corrected chi connectivity index (χ0v) is 8.58. The van der Waals surface area contributed by atoms with Crippen LogP contribution in [0.1, 0.15) is 24.0 Å². The molecule has 0 aliphatic rings. The van der Waals surface area contributed by atoms with Crippen LogP contribution in [0, 0.1) is 0 Å². The first-order valence-electron chi connectivity index (χ1n) is 4.44. The van der Waals surface area contributed by atoms with Crippen LogP contribution in [-0.2, 0) is 12.8 Å².